The van der Waals surface area contributed by atoms with Gasteiger partial charge in [0.05, 0.1) is 21.9 Å². The summed E-state index contributed by atoms with van der Waals surface area (Å²) in [4.78, 5) is 4.42. The Morgan fingerprint density at radius 2 is 2.25 bits per heavy atom. The van der Waals surface area contributed by atoms with Gasteiger partial charge in [-0.3, -0.25) is 0 Å². The van der Waals surface area contributed by atoms with Crippen molar-refractivity contribution in [3.8, 4) is 0 Å². The standard InChI is InChI=1S/C14H15Cl2FN2S/c15-7-14-18-12-6-11(17)10(16)5-13(12)19(14)8-9-3-1-2-4-20-9/h5-6,9H,1-4,7-8H2. The topological polar surface area (TPSA) is 17.8 Å². The number of hydrogen-bond acceptors (Lipinski definition) is 2. The number of fused-ring (bicyclic) bond motifs is 1. The third kappa shape index (κ3) is 2.78. The summed E-state index contributed by atoms with van der Waals surface area (Å²) in [5.74, 6) is 1.89. The van der Waals surface area contributed by atoms with Crippen LogP contribution < -0.4 is 0 Å². The quantitative estimate of drug-likeness (QED) is 0.747. The molecule has 2 aromatic rings. The average Bonchev–Trinajstić information content (AvgIpc) is 2.78. The first-order valence-electron chi connectivity index (χ1n) is 6.71. The normalized spacial score (nSPS) is 19.6. The van der Waals surface area contributed by atoms with Crippen molar-refractivity contribution in [2.24, 2.45) is 0 Å². The van der Waals surface area contributed by atoms with Crippen LogP contribution in [0.4, 0.5) is 4.39 Å². The lowest BCUT2D eigenvalue weighted by Gasteiger charge is -2.22. The number of hydrogen-bond donors (Lipinski definition) is 0. The molecule has 3 rings (SSSR count). The second-order valence-corrected chi connectivity index (χ2v) is 7.10. The van der Waals surface area contributed by atoms with Crippen molar-refractivity contribution in [3.63, 3.8) is 0 Å². The van der Waals surface area contributed by atoms with Crippen LogP contribution >= 0.6 is 35.0 Å². The highest BCUT2D eigenvalue weighted by Gasteiger charge is 2.19. The minimum atomic E-state index is -0.433. The third-order valence-electron chi connectivity index (χ3n) is 3.65. The Balaban J connectivity index is 2.00. The number of benzene rings is 1. The van der Waals surface area contributed by atoms with Crippen LogP contribution in [0.3, 0.4) is 0 Å². The fraction of sp³-hybridized carbons (Fsp3) is 0.500. The van der Waals surface area contributed by atoms with Gasteiger partial charge in [-0.2, -0.15) is 11.8 Å². The number of aromatic nitrogens is 2. The lowest BCUT2D eigenvalue weighted by molar-refractivity contribution is 0.581. The number of halogens is 3. The van der Waals surface area contributed by atoms with Crippen LogP contribution in [0.1, 0.15) is 25.1 Å². The van der Waals surface area contributed by atoms with Gasteiger partial charge >= 0.3 is 0 Å². The predicted octanol–water partition coefficient (Wildman–Crippen LogP) is 4.85. The molecule has 1 aliphatic heterocycles. The Kier molecular flexibility index (Phi) is 4.43. The van der Waals surface area contributed by atoms with Crippen LogP contribution in [0.2, 0.25) is 5.02 Å². The maximum Gasteiger partial charge on any atom is 0.144 e. The van der Waals surface area contributed by atoms with E-state index in [-0.39, 0.29) is 5.02 Å². The fourth-order valence-electron chi connectivity index (χ4n) is 2.63. The molecule has 2 heterocycles. The molecule has 108 valence electrons. The Bertz CT molecular complexity index is 623. The van der Waals surface area contributed by atoms with Gasteiger partial charge in [0.2, 0.25) is 0 Å². The van der Waals surface area contributed by atoms with Crippen molar-refractivity contribution in [1.29, 1.82) is 0 Å². The molecule has 1 aromatic heterocycles. The maximum absolute atomic E-state index is 13.5. The second-order valence-electron chi connectivity index (χ2n) is 5.02. The van der Waals surface area contributed by atoms with E-state index in [0.717, 1.165) is 17.9 Å². The van der Waals surface area contributed by atoms with Crippen LogP contribution in [-0.4, -0.2) is 20.6 Å². The summed E-state index contributed by atoms with van der Waals surface area (Å²) in [5.41, 5.74) is 1.50. The highest BCUT2D eigenvalue weighted by molar-refractivity contribution is 7.99. The van der Waals surface area contributed by atoms with E-state index in [1.807, 2.05) is 11.8 Å². The molecule has 1 fully saturated rings. The van der Waals surface area contributed by atoms with E-state index in [0.29, 0.717) is 16.6 Å². The molecule has 1 aromatic carbocycles. The molecule has 0 amide bonds. The predicted molar refractivity (Wildman–Crippen MR) is 84.4 cm³/mol. The molecule has 0 aliphatic carbocycles. The summed E-state index contributed by atoms with van der Waals surface area (Å²) in [6.45, 7) is 0.866. The summed E-state index contributed by atoms with van der Waals surface area (Å²) < 4.78 is 15.6. The summed E-state index contributed by atoms with van der Waals surface area (Å²) in [6.07, 6.45) is 3.78. The molecule has 0 bridgehead atoms. The van der Waals surface area contributed by atoms with Crippen LogP contribution in [0.5, 0.6) is 0 Å². The van der Waals surface area contributed by atoms with E-state index in [9.17, 15) is 4.39 Å². The van der Waals surface area contributed by atoms with Crippen molar-refractivity contribution < 1.29 is 4.39 Å². The summed E-state index contributed by atoms with van der Waals surface area (Å²) in [6, 6.07) is 3.04. The van der Waals surface area contributed by atoms with Gasteiger partial charge < -0.3 is 4.57 Å². The van der Waals surface area contributed by atoms with Gasteiger partial charge in [-0.1, -0.05) is 18.0 Å². The first-order chi connectivity index (χ1) is 9.69. The van der Waals surface area contributed by atoms with E-state index in [1.54, 1.807) is 6.07 Å². The van der Waals surface area contributed by atoms with Gasteiger partial charge in [0.15, 0.2) is 0 Å². The molecule has 0 spiro atoms. The smallest absolute Gasteiger partial charge is 0.144 e. The summed E-state index contributed by atoms with van der Waals surface area (Å²) in [7, 11) is 0. The third-order valence-corrected chi connectivity index (χ3v) is 5.56. The van der Waals surface area contributed by atoms with Gasteiger partial charge in [-0.15, -0.1) is 11.6 Å². The van der Waals surface area contributed by atoms with Crippen molar-refractivity contribution in [3.05, 3.63) is 28.8 Å². The summed E-state index contributed by atoms with van der Waals surface area (Å²) in [5, 5.41) is 0.711. The zero-order valence-electron chi connectivity index (χ0n) is 10.9. The van der Waals surface area contributed by atoms with E-state index >= 15 is 0 Å². The van der Waals surface area contributed by atoms with Crippen LogP contribution in [0.15, 0.2) is 12.1 Å². The number of rotatable bonds is 3. The van der Waals surface area contributed by atoms with E-state index < -0.39 is 5.82 Å². The molecule has 1 unspecified atom stereocenters. The minimum Gasteiger partial charge on any atom is -0.326 e. The second kappa shape index (κ2) is 6.12. The Hall–Kier alpha value is -0.450. The molecular formula is C14H15Cl2FN2S. The lowest BCUT2D eigenvalue weighted by Crippen LogP contribution is -2.18. The zero-order valence-corrected chi connectivity index (χ0v) is 13.2. The first-order valence-corrected chi connectivity index (χ1v) is 8.67. The maximum atomic E-state index is 13.5. The van der Waals surface area contributed by atoms with Gasteiger partial charge in [0, 0.05) is 17.9 Å². The SMILES string of the molecule is Fc1cc2nc(CCl)n(CC3CCCCS3)c2cc1Cl. The molecule has 1 atom stereocenters. The van der Waals surface area contributed by atoms with Crippen molar-refractivity contribution in [1.82, 2.24) is 9.55 Å². The van der Waals surface area contributed by atoms with Crippen LogP contribution in [-0.2, 0) is 12.4 Å². The molecule has 20 heavy (non-hydrogen) atoms. The Morgan fingerprint density at radius 3 is 2.95 bits per heavy atom. The molecule has 2 nitrogen and oxygen atoms in total. The van der Waals surface area contributed by atoms with E-state index in [1.165, 1.54) is 31.1 Å². The van der Waals surface area contributed by atoms with Crippen molar-refractivity contribution in [2.75, 3.05) is 5.75 Å². The lowest BCUT2D eigenvalue weighted by atomic mass is 10.2. The monoisotopic (exact) mass is 332 g/mol. The molecular weight excluding hydrogens is 318 g/mol. The van der Waals surface area contributed by atoms with E-state index in [4.69, 9.17) is 23.2 Å². The van der Waals surface area contributed by atoms with E-state index in [2.05, 4.69) is 9.55 Å². The van der Waals surface area contributed by atoms with Gasteiger partial charge in [-0.25, -0.2) is 9.37 Å². The Morgan fingerprint density at radius 1 is 1.40 bits per heavy atom. The van der Waals surface area contributed by atoms with Crippen LogP contribution in [0.25, 0.3) is 11.0 Å². The van der Waals surface area contributed by atoms with Crippen molar-refractivity contribution in [2.45, 2.75) is 36.9 Å². The molecule has 1 aliphatic rings. The minimum absolute atomic E-state index is 0.135. The largest absolute Gasteiger partial charge is 0.326 e. The highest BCUT2D eigenvalue weighted by atomic mass is 35.5. The number of nitrogens with zero attached hydrogens (tertiary/aromatic N) is 2. The molecule has 0 radical (unpaired) electrons. The average molecular weight is 333 g/mol. The number of imidazole rings is 1. The highest BCUT2D eigenvalue weighted by Crippen LogP contribution is 2.30. The molecule has 0 N–H and O–H groups in total. The van der Waals surface area contributed by atoms with Gasteiger partial charge in [-0.05, 0) is 24.7 Å². The molecule has 1 saturated heterocycles. The van der Waals surface area contributed by atoms with Gasteiger partial charge in [0.25, 0.3) is 0 Å². The van der Waals surface area contributed by atoms with Crippen molar-refractivity contribution >= 4 is 46.0 Å². The van der Waals surface area contributed by atoms with Gasteiger partial charge in [0.1, 0.15) is 11.6 Å². The zero-order chi connectivity index (χ0) is 14.1. The summed E-state index contributed by atoms with van der Waals surface area (Å²) >= 11 is 13.9. The fourth-order valence-corrected chi connectivity index (χ4v) is 4.28. The molecule has 0 saturated carbocycles. The molecule has 6 heteroatoms. The van der Waals surface area contributed by atoms with Crippen LogP contribution in [0, 0.1) is 5.82 Å². The first kappa shape index (κ1) is 14.5. The number of alkyl halides is 1. The number of thioether (sulfide) groups is 1. The Labute approximate surface area is 131 Å².